The van der Waals surface area contributed by atoms with E-state index >= 15 is 0 Å². The summed E-state index contributed by atoms with van der Waals surface area (Å²) >= 11 is 3.20. The molecule has 0 rings (SSSR count). The molecule has 0 bridgehead atoms. The molecule has 0 saturated carbocycles. The van der Waals surface area contributed by atoms with Gasteiger partial charge in [0.25, 0.3) is 0 Å². The highest BCUT2D eigenvalue weighted by Gasteiger charge is 2.04. The lowest BCUT2D eigenvalue weighted by atomic mass is 10.1. The van der Waals surface area contributed by atoms with Crippen LogP contribution in [0.4, 0.5) is 0 Å². The molecule has 0 aliphatic heterocycles. The summed E-state index contributed by atoms with van der Waals surface area (Å²) in [5.74, 6) is 0. The highest BCUT2D eigenvalue weighted by molar-refractivity contribution is 9.09. The van der Waals surface area contributed by atoms with E-state index in [2.05, 4.69) is 21.7 Å². The number of hydrogen-bond donors (Lipinski definition) is 1. The second-order valence-corrected chi connectivity index (χ2v) is 2.97. The van der Waals surface area contributed by atoms with E-state index in [1.807, 2.05) is 0 Å². The van der Waals surface area contributed by atoms with Crippen LogP contribution in [-0.4, -0.2) is 16.0 Å². The van der Waals surface area contributed by atoms with Gasteiger partial charge < -0.3 is 5.11 Å². The molecule has 0 saturated heterocycles. The minimum absolute atomic E-state index is 0.737. The summed E-state index contributed by atoms with van der Waals surface area (Å²) in [7, 11) is 0. The highest BCUT2D eigenvalue weighted by Crippen LogP contribution is 2.00. The van der Waals surface area contributed by atoms with Gasteiger partial charge in [0.15, 0.2) is 0 Å². The van der Waals surface area contributed by atoms with E-state index in [0.29, 0.717) is 0 Å². The number of rotatable bonds is 2. The third-order valence-electron chi connectivity index (χ3n) is 0.632. The molecular formula is C7H11BrO. The molecule has 0 aliphatic rings. The van der Waals surface area contributed by atoms with Gasteiger partial charge in [-0.1, -0.05) is 15.9 Å². The average molecular weight is 191 g/mol. The lowest BCUT2D eigenvalue weighted by Crippen LogP contribution is -2.12. The molecule has 0 unspecified atom stereocenters. The van der Waals surface area contributed by atoms with Crippen LogP contribution in [0.1, 0.15) is 13.8 Å². The van der Waals surface area contributed by atoms with Crippen molar-refractivity contribution in [2.45, 2.75) is 19.4 Å². The molecule has 1 N–H and O–H groups in total. The molecule has 0 amide bonds. The van der Waals surface area contributed by atoms with E-state index < -0.39 is 5.60 Å². The Balaban J connectivity index is 3.84. The standard InChI is InChI=1S/C7H11BrO/c1-7(2,9)5-3-4-6-8/h4-5,9H,6H2,1-2H3. The number of aliphatic hydroxyl groups is 1. The Hall–Kier alpha value is -0.0400. The second kappa shape index (κ2) is 3.89. The summed E-state index contributed by atoms with van der Waals surface area (Å²) in [5, 5.41) is 9.87. The first-order valence-corrected chi connectivity index (χ1v) is 3.89. The first kappa shape index (κ1) is 8.96. The Morgan fingerprint density at radius 3 is 2.56 bits per heavy atom. The third kappa shape index (κ3) is 7.96. The smallest absolute Gasteiger partial charge is 0.0844 e. The second-order valence-electron chi connectivity index (χ2n) is 2.32. The predicted molar refractivity (Wildman–Crippen MR) is 42.7 cm³/mol. The molecule has 0 aromatic rings. The van der Waals surface area contributed by atoms with Crippen molar-refractivity contribution in [3.63, 3.8) is 0 Å². The lowest BCUT2D eigenvalue weighted by molar-refractivity contribution is 0.133. The SMILES string of the molecule is CC(C)(O)C=C=CCBr. The van der Waals surface area contributed by atoms with Gasteiger partial charge in [0.2, 0.25) is 0 Å². The summed E-state index contributed by atoms with van der Waals surface area (Å²) in [5.41, 5.74) is 2.09. The van der Waals surface area contributed by atoms with Gasteiger partial charge in [0, 0.05) is 5.33 Å². The van der Waals surface area contributed by atoms with Crippen LogP contribution < -0.4 is 0 Å². The zero-order valence-electron chi connectivity index (χ0n) is 5.69. The van der Waals surface area contributed by atoms with Gasteiger partial charge in [-0.25, -0.2) is 0 Å². The molecule has 0 spiro atoms. The number of halogens is 1. The minimum atomic E-state index is -0.737. The molecular weight excluding hydrogens is 180 g/mol. The van der Waals surface area contributed by atoms with E-state index in [1.54, 1.807) is 26.0 Å². The maximum atomic E-state index is 9.09. The predicted octanol–water partition coefficient (Wildman–Crippen LogP) is 1.86. The minimum Gasteiger partial charge on any atom is -0.386 e. The van der Waals surface area contributed by atoms with Gasteiger partial charge in [-0.3, -0.25) is 0 Å². The van der Waals surface area contributed by atoms with E-state index in [9.17, 15) is 0 Å². The van der Waals surface area contributed by atoms with Crippen LogP contribution >= 0.6 is 15.9 Å². The van der Waals surface area contributed by atoms with Gasteiger partial charge in [-0.05, 0) is 26.0 Å². The van der Waals surface area contributed by atoms with Crippen molar-refractivity contribution >= 4 is 15.9 Å². The van der Waals surface area contributed by atoms with E-state index in [1.165, 1.54) is 0 Å². The average Bonchev–Trinajstić information content (AvgIpc) is 1.63. The van der Waals surface area contributed by atoms with Crippen LogP contribution in [0.2, 0.25) is 0 Å². The molecule has 0 radical (unpaired) electrons. The number of alkyl halides is 1. The Kier molecular flexibility index (Phi) is 3.87. The summed E-state index contributed by atoms with van der Waals surface area (Å²) in [6, 6.07) is 0. The topological polar surface area (TPSA) is 20.2 Å². The Morgan fingerprint density at radius 2 is 2.22 bits per heavy atom. The Labute approximate surface area is 64.2 Å². The fourth-order valence-corrected chi connectivity index (χ4v) is 0.494. The fourth-order valence-electron chi connectivity index (χ4n) is 0.307. The van der Waals surface area contributed by atoms with Crippen molar-refractivity contribution in [3.05, 3.63) is 17.9 Å². The Bertz CT molecular complexity index is 126. The van der Waals surface area contributed by atoms with Crippen molar-refractivity contribution < 1.29 is 5.11 Å². The maximum Gasteiger partial charge on any atom is 0.0844 e. The zero-order chi connectivity index (χ0) is 7.33. The zero-order valence-corrected chi connectivity index (χ0v) is 7.27. The molecule has 9 heavy (non-hydrogen) atoms. The molecule has 0 fully saturated rings. The third-order valence-corrected chi connectivity index (χ3v) is 0.955. The van der Waals surface area contributed by atoms with Crippen LogP contribution in [0.25, 0.3) is 0 Å². The molecule has 0 aromatic heterocycles. The maximum absolute atomic E-state index is 9.09. The van der Waals surface area contributed by atoms with E-state index in [4.69, 9.17) is 5.11 Å². The van der Waals surface area contributed by atoms with Crippen LogP contribution in [0, 0.1) is 0 Å². The van der Waals surface area contributed by atoms with Crippen LogP contribution in [-0.2, 0) is 0 Å². The van der Waals surface area contributed by atoms with Crippen molar-refractivity contribution in [1.82, 2.24) is 0 Å². The molecule has 2 heteroatoms. The van der Waals surface area contributed by atoms with Gasteiger partial charge in [-0.15, -0.1) is 5.73 Å². The van der Waals surface area contributed by atoms with Gasteiger partial charge in [0.05, 0.1) is 5.60 Å². The largest absolute Gasteiger partial charge is 0.386 e. The van der Waals surface area contributed by atoms with Crippen LogP contribution in [0.15, 0.2) is 17.9 Å². The lowest BCUT2D eigenvalue weighted by Gasteiger charge is -2.07. The van der Waals surface area contributed by atoms with Gasteiger partial charge in [-0.2, -0.15) is 0 Å². The molecule has 1 nitrogen and oxygen atoms in total. The van der Waals surface area contributed by atoms with E-state index in [-0.39, 0.29) is 0 Å². The summed E-state index contributed by atoms with van der Waals surface area (Å²) in [6.45, 7) is 3.42. The molecule has 0 aromatic carbocycles. The fraction of sp³-hybridized carbons (Fsp3) is 0.571. The molecule has 52 valence electrons. The van der Waals surface area contributed by atoms with Gasteiger partial charge in [0.1, 0.15) is 0 Å². The summed E-state index contributed by atoms with van der Waals surface area (Å²) in [4.78, 5) is 0. The summed E-state index contributed by atoms with van der Waals surface area (Å²) < 4.78 is 0. The van der Waals surface area contributed by atoms with Crippen molar-refractivity contribution in [3.8, 4) is 0 Å². The van der Waals surface area contributed by atoms with Crippen molar-refractivity contribution in [2.75, 3.05) is 5.33 Å². The van der Waals surface area contributed by atoms with E-state index in [0.717, 1.165) is 5.33 Å². The van der Waals surface area contributed by atoms with Crippen LogP contribution in [0.3, 0.4) is 0 Å². The Morgan fingerprint density at radius 1 is 1.67 bits per heavy atom. The van der Waals surface area contributed by atoms with Gasteiger partial charge >= 0.3 is 0 Å². The molecule has 0 atom stereocenters. The first-order chi connectivity index (χ1) is 4.06. The number of hydrogen-bond acceptors (Lipinski definition) is 1. The normalized spacial score (nSPS) is 10.2. The van der Waals surface area contributed by atoms with Crippen molar-refractivity contribution in [2.24, 2.45) is 0 Å². The molecule has 0 heterocycles. The first-order valence-electron chi connectivity index (χ1n) is 2.77. The summed E-state index contributed by atoms with van der Waals surface area (Å²) in [6.07, 6.45) is 3.42. The molecule has 0 aliphatic carbocycles. The van der Waals surface area contributed by atoms with Crippen molar-refractivity contribution in [1.29, 1.82) is 0 Å². The monoisotopic (exact) mass is 190 g/mol. The van der Waals surface area contributed by atoms with Crippen LogP contribution in [0.5, 0.6) is 0 Å². The quantitative estimate of drug-likeness (QED) is 0.521. The highest BCUT2D eigenvalue weighted by atomic mass is 79.9.